The number of carbonyl (C=O) groups is 2. The molecule has 0 fully saturated rings. The van der Waals surface area contributed by atoms with Crippen LogP contribution in [0.3, 0.4) is 0 Å². The SMILES string of the molecule is Cc1ccc(C=NNC(=O)C(=O)Nc2c(C)n(C)n(-c3ccccc3)c2=O)o1. The third kappa shape index (κ3) is 3.78. The first-order valence-electron chi connectivity index (χ1n) is 8.43. The molecule has 2 N–H and O–H groups in total. The van der Waals surface area contributed by atoms with Crippen LogP contribution in [0.25, 0.3) is 5.69 Å². The average Bonchev–Trinajstić information content (AvgIpc) is 3.18. The van der Waals surface area contributed by atoms with Gasteiger partial charge >= 0.3 is 11.8 Å². The second kappa shape index (κ2) is 7.78. The molecule has 3 aromatic rings. The van der Waals surface area contributed by atoms with E-state index < -0.39 is 17.4 Å². The summed E-state index contributed by atoms with van der Waals surface area (Å²) in [7, 11) is 1.69. The van der Waals surface area contributed by atoms with Crippen LogP contribution in [0.15, 0.2) is 56.8 Å². The fourth-order valence-electron chi connectivity index (χ4n) is 2.61. The Kier molecular flexibility index (Phi) is 5.25. The molecule has 0 radical (unpaired) electrons. The minimum absolute atomic E-state index is 0.0251. The van der Waals surface area contributed by atoms with Gasteiger partial charge in [0, 0.05) is 7.05 Å². The molecule has 2 heterocycles. The molecule has 3 rings (SSSR count). The summed E-state index contributed by atoms with van der Waals surface area (Å²) in [5, 5.41) is 6.02. The Morgan fingerprint density at radius 3 is 2.43 bits per heavy atom. The van der Waals surface area contributed by atoms with Gasteiger partial charge in [-0.2, -0.15) is 5.10 Å². The predicted molar refractivity (Wildman–Crippen MR) is 104 cm³/mol. The molecule has 0 bridgehead atoms. The molecular formula is C19H19N5O4. The molecule has 0 unspecified atom stereocenters. The second-order valence-corrected chi connectivity index (χ2v) is 6.04. The van der Waals surface area contributed by atoms with Gasteiger partial charge in [0.05, 0.1) is 17.6 Å². The maximum absolute atomic E-state index is 12.7. The maximum Gasteiger partial charge on any atom is 0.329 e. The fraction of sp³-hybridized carbons (Fsp3) is 0.158. The summed E-state index contributed by atoms with van der Waals surface area (Å²) in [5.41, 5.74) is 2.82. The molecule has 0 aliphatic rings. The van der Waals surface area contributed by atoms with Gasteiger partial charge in [-0.3, -0.25) is 19.1 Å². The van der Waals surface area contributed by atoms with E-state index in [1.54, 1.807) is 62.0 Å². The molecule has 9 nitrogen and oxygen atoms in total. The smallest absolute Gasteiger partial charge is 0.329 e. The first kappa shape index (κ1) is 18.9. The lowest BCUT2D eigenvalue weighted by atomic mass is 10.3. The van der Waals surface area contributed by atoms with Gasteiger partial charge in [-0.15, -0.1) is 0 Å². The van der Waals surface area contributed by atoms with E-state index >= 15 is 0 Å². The van der Waals surface area contributed by atoms with E-state index in [1.807, 2.05) is 6.07 Å². The molecule has 0 atom stereocenters. The highest BCUT2D eigenvalue weighted by Crippen LogP contribution is 2.13. The van der Waals surface area contributed by atoms with Crippen LogP contribution in [0.4, 0.5) is 5.69 Å². The topological polar surface area (TPSA) is 111 Å². The van der Waals surface area contributed by atoms with Crippen molar-refractivity contribution in [2.45, 2.75) is 13.8 Å². The average molecular weight is 381 g/mol. The van der Waals surface area contributed by atoms with Crippen LogP contribution in [0.2, 0.25) is 0 Å². The van der Waals surface area contributed by atoms with Crippen LogP contribution in [0, 0.1) is 13.8 Å². The number of hydrogen-bond acceptors (Lipinski definition) is 5. The Labute approximate surface area is 160 Å². The van der Waals surface area contributed by atoms with Crippen molar-refractivity contribution < 1.29 is 14.0 Å². The number of nitrogens with zero attached hydrogens (tertiary/aromatic N) is 3. The van der Waals surface area contributed by atoms with E-state index in [9.17, 15) is 14.4 Å². The van der Waals surface area contributed by atoms with Gasteiger partial charge < -0.3 is 9.73 Å². The van der Waals surface area contributed by atoms with Crippen LogP contribution in [0.5, 0.6) is 0 Å². The number of hydrazone groups is 1. The van der Waals surface area contributed by atoms with E-state index in [-0.39, 0.29) is 5.69 Å². The first-order chi connectivity index (χ1) is 13.4. The van der Waals surface area contributed by atoms with E-state index in [2.05, 4.69) is 15.8 Å². The number of amides is 2. The van der Waals surface area contributed by atoms with Crippen molar-refractivity contribution in [1.82, 2.24) is 14.8 Å². The van der Waals surface area contributed by atoms with E-state index in [4.69, 9.17) is 4.42 Å². The zero-order valence-corrected chi connectivity index (χ0v) is 15.6. The van der Waals surface area contributed by atoms with Crippen molar-refractivity contribution in [1.29, 1.82) is 0 Å². The summed E-state index contributed by atoms with van der Waals surface area (Å²) in [6, 6.07) is 12.4. The number of benzene rings is 1. The molecule has 0 aliphatic carbocycles. The molecule has 0 saturated heterocycles. The number of para-hydroxylation sites is 1. The van der Waals surface area contributed by atoms with Crippen molar-refractivity contribution in [2.24, 2.45) is 12.1 Å². The van der Waals surface area contributed by atoms with Crippen molar-refractivity contribution in [3.8, 4) is 5.69 Å². The summed E-state index contributed by atoms with van der Waals surface area (Å²) < 4.78 is 8.27. The lowest BCUT2D eigenvalue weighted by Gasteiger charge is -2.07. The normalized spacial score (nSPS) is 11.0. The molecule has 0 saturated carbocycles. The molecule has 28 heavy (non-hydrogen) atoms. The van der Waals surface area contributed by atoms with Crippen molar-refractivity contribution in [3.63, 3.8) is 0 Å². The lowest BCUT2D eigenvalue weighted by molar-refractivity contribution is -0.136. The minimum Gasteiger partial charge on any atom is -0.460 e. The molecule has 2 aromatic heterocycles. The van der Waals surface area contributed by atoms with Crippen molar-refractivity contribution in [3.05, 3.63) is 70.0 Å². The monoisotopic (exact) mass is 381 g/mol. The number of rotatable bonds is 4. The molecule has 0 spiro atoms. The fourth-order valence-corrected chi connectivity index (χ4v) is 2.61. The molecule has 144 valence electrons. The number of carbonyl (C=O) groups excluding carboxylic acids is 2. The van der Waals surface area contributed by atoms with Gasteiger partial charge in [0.25, 0.3) is 5.56 Å². The third-order valence-electron chi connectivity index (χ3n) is 4.12. The molecule has 1 aromatic carbocycles. The second-order valence-electron chi connectivity index (χ2n) is 6.04. The van der Waals surface area contributed by atoms with Crippen LogP contribution in [0.1, 0.15) is 17.2 Å². The maximum atomic E-state index is 12.7. The summed E-state index contributed by atoms with van der Waals surface area (Å²) in [6.45, 7) is 3.44. The number of aromatic nitrogens is 2. The summed E-state index contributed by atoms with van der Waals surface area (Å²) in [4.78, 5) is 36.8. The van der Waals surface area contributed by atoms with Gasteiger partial charge in [-0.05, 0) is 38.1 Å². The standard InChI is InChI=1S/C19H19N5O4/c1-12-9-10-15(28-12)11-20-22-18(26)17(25)21-16-13(2)23(3)24(19(16)27)14-7-5-4-6-8-14/h4-11H,1-3H3,(H,21,25)(H,22,26). The Bertz CT molecular complexity index is 1110. The highest BCUT2D eigenvalue weighted by atomic mass is 16.3. The van der Waals surface area contributed by atoms with Crippen LogP contribution >= 0.6 is 0 Å². The number of anilines is 1. The third-order valence-corrected chi connectivity index (χ3v) is 4.12. The highest BCUT2D eigenvalue weighted by molar-refractivity contribution is 6.39. The van der Waals surface area contributed by atoms with Gasteiger partial charge in [0.15, 0.2) is 0 Å². The predicted octanol–water partition coefficient (Wildman–Crippen LogP) is 1.47. The Balaban J connectivity index is 1.74. The Morgan fingerprint density at radius 2 is 1.79 bits per heavy atom. The summed E-state index contributed by atoms with van der Waals surface area (Å²) in [5.74, 6) is -0.880. The van der Waals surface area contributed by atoms with E-state index in [1.165, 1.54) is 10.9 Å². The Morgan fingerprint density at radius 1 is 1.07 bits per heavy atom. The number of aryl methyl sites for hydroxylation is 1. The molecule has 9 heteroatoms. The minimum atomic E-state index is -1.01. The quantitative estimate of drug-likeness (QED) is 0.405. The van der Waals surface area contributed by atoms with Crippen LogP contribution < -0.4 is 16.3 Å². The Hall–Kier alpha value is -3.88. The molecular weight excluding hydrogens is 362 g/mol. The van der Waals surface area contributed by atoms with Gasteiger partial charge in [-0.1, -0.05) is 18.2 Å². The van der Waals surface area contributed by atoms with Gasteiger partial charge in [0.1, 0.15) is 17.2 Å². The number of hydrogen-bond donors (Lipinski definition) is 2. The van der Waals surface area contributed by atoms with Crippen LogP contribution in [-0.4, -0.2) is 27.4 Å². The zero-order valence-electron chi connectivity index (χ0n) is 15.6. The molecule has 2 amide bonds. The summed E-state index contributed by atoms with van der Waals surface area (Å²) >= 11 is 0. The first-order valence-corrected chi connectivity index (χ1v) is 8.43. The summed E-state index contributed by atoms with van der Waals surface area (Å²) in [6.07, 6.45) is 1.27. The van der Waals surface area contributed by atoms with E-state index in [0.29, 0.717) is 22.9 Å². The zero-order chi connectivity index (χ0) is 20.3. The number of nitrogens with one attached hydrogen (secondary N) is 2. The van der Waals surface area contributed by atoms with E-state index in [0.717, 1.165) is 0 Å². The lowest BCUT2D eigenvalue weighted by Crippen LogP contribution is -2.34. The highest BCUT2D eigenvalue weighted by Gasteiger charge is 2.21. The number of furan rings is 1. The van der Waals surface area contributed by atoms with Crippen molar-refractivity contribution in [2.75, 3.05) is 5.32 Å². The van der Waals surface area contributed by atoms with Crippen molar-refractivity contribution >= 4 is 23.7 Å². The van der Waals surface area contributed by atoms with Gasteiger partial charge in [-0.25, -0.2) is 10.1 Å². The van der Waals surface area contributed by atoms with Crippen LogP contribution in [-0.2, 0) is 16.6 Å². The molecule has 0 aliphatic heterocycles. The van der Waals surface area contributed by atoms with Gasteiger partial charge in [0.2, 0.25) is 0 Å². The largest absolute Gasteiger partial charge is 0.460 e.